The predicted octanol–water partition coefficient (Wildman–Crippen LogP) is 2.16. The minimum atomic E-state index is -0.815. The van der Waals surface area contributed by atoms with Crippen molar-refractivity contribution in [1.82, 2.24) is 4.90 Å². The summed E-state index contributed by atoms with van der Waals surface area (Å²) in [5.74, 6) is 0.0920. The van der Waals surface area contributed by atoms with Gasteiger partial charge in [-0.15, -0.1) is 0 Å². The molecule has 1 unspecified atom stereocenters. The maximum Gasteiger partial charge on any atom is 0.332 e. The molecule has 31 heavy (non-hydrogen) atoms. The second-order valence-corrected chi connectivity index (χ2v) is 6.81. The van der Waals surface area contributed by atoms with Crippen molar-refractivity contribution in [2.45, 2.75) is 13.0 Å². The Labute approximate surface area is 181 Å². The molecule has 1 atom stereocenters. The Morgan fingerprint density at radius 1 is 1.10 bits per heavy atom. The van der Waals surface area contributed by atoms with Gasteiger partial charge in [0.1, 0.15) is 5.84 Å². The van der Waals surface area contributed by atoms with Crippen molar-refractivity contribution in [1.29, 1.82) is 5.41 Å². The lowest BCUT2D eigenvalue weighted by Crippen LogP contribution is -2.27. The first-order valence-corrected chi connectivity index (χ1v) is 9.65. The van der Waals surface area contributed by atoms with Gasteiger partial charge in [-0.1, -0.05) is 6.07 Å². The third-order valence-electron chi connectivity index (χ3n) is 4.39. The molecule has 4 N–H and O–H groups in total. The summed E-state index contributed by atoms with van der Waals surface area (Å²) in [6.07, 6.45) is 0. The number of methoxy groups -OCH3 is 1. The fourth-order valence-electron chi connectivity index (χ4n) is 2.67. The van der Waals surface area contributed by atoms with Crippen LogP contribution in [0.15, 0.2) is 42.5 Å². The second kappa shape index (κ2) is 10.9. The molecule has 1 amide bonds. The van der Waals surface area contributed by atoms with Crippen LogP contribution in [-0.2, 0) is 14.3 Å². The average molecular weight is 428 g/mol. The standard InChI is InChI=1S/C22H28N4O5/c1-5-30-18-12-15(8-11-17(18)31-13-19(27)26(2)3)20(22(28)29-4)25-16-9-6-14(7-10-16)21(23)24/h6-12,20,25H,5,13H2,1-4H3,(H3,23,24). The zero-order chi connectivity index (χ0) is 23.0. The van der Waals surface area contributed by atoms with Crippen molar-refractivity contribution >= 4 is 23.4 Å². The number of carbonyl (C=O) groups excluding carboxylic acids is 2. The molecule has 0 aliphatic carbocycles. The Kier molecular flexibility index (Phi) is 8.25. The maximum absolute atomic E-state index is 12.5. The lowest BCUT2D eigenvalue weighted by atomic mass is 10.1. The highest BCUT2D eigenvalue weighted by molar-refractivity contribution is 5.95. The van der Waals surface area contributed by atoms with Gasteiger partial charge < -0.3 is 30.2 Å². The van der Waals surface area contributed by atoms with Crippen LogP contribution >= 0.6 is 0 Å². The number of amidine groups is 1. The normalized spacial score (nSPS) is 11.2. The molecule has 2 aromatic rings. The van der Waals surface area contributed by atoms with Gasteiger partial charge in [0.2, 0.25) is 0 Å². The van der Waals surface area contributed by atoms with Crippen molar-refractivity contribution in [2.24, 2.45) is 5.73 Å². The first-order valence-electron chi connectivity index (χ1n) is 9.65. The third-order valence-corrected chi connectivity index (χ3v) is 4.39. The predicted molar refractivity (Wildman–Crippen MR) is 118 cm³/mol. The zero-order valence-electron chi connectivity index (χ0n) is 18.1. The van der Waals surface area contributed by atoms with Crippen LogP contribution in [0, 0.1) is 5.41 Å². The highest BCUT2D eigenvalue weighted by Crippen LogP contribution is 2.32. The number of hydrogen-bond acceptors (Lipinski definition) is 7. The van der Waals surface area contributed by atoms with Crippen molar-refractivity contribution in [3.8, 4) is 11.5 Å². The fraction of sp³-hybridized carbons (Fsp3) is 0.318. The summed E-state index contributed by atoms with van der Waals surface area (Å²) < 4.78 is 16.2. The monoisotopic (exact) mass is 428 g/mol. The largest absolute Gasteiger partial charge is 0.490 e. The Morgan fingerprint density at radius 3 is 2.32 bits per heavy atom. The van der Waals surface area contributed by atoms with Gasteiger partial charge in [0.15, 0.2) is 24.1 Å². The van der Waals surface area contributed by atoms with Crippen LogP contribution in [0.5, 0.6) is 11.5 Å². The molecule has 2 rings (SSSR count). The molecule has 166 valence electrons. The molecule has 0 bridgehead atoms. The molecule has 0 radical (unpaired) electrons. The van der Waals surface area contributed by atoms with E-state index in [4.69, 9.17) is 25.4 Å². The first-order chi connectivity index (χ1) is 14.8. The van der Waals surface area contributed by atoms with Crippen molar-refractivity contribution in [3.05, 3.63) is 53.6 Å². The molecular formula is C22H28N4O5. The zero-order valence-corrected chi connectivity index (χ0v) is 18.1. The number of likely N-dealkylation sites (N-methyl/N-ethyl adjacent to an activating group) is 1. The van der Waals surface area contributed by atoms with E-state index in [1.165, 1.54) is 12.0 Å². The lowest BCUT2D eigenvalue weighted by molar-refractivity contribution is -0.141. The van der Waals surface area contributed by atoms with Crippen LogP contribution in [0.3, 0.4) is 0 Å². The molecule has 0 spiro atoms. The van der Waals surface area contributed by atoms with Crippen LogP contribution < -0.4 is 20.5 Å². The number of nitrogen functional groups attached to an aromatic ring is 1. The number of hydrogen-bond donors (Lipinski definition) is 3. The van der Waals surface area contributed by atoms with Crippen LogP contribution in [0.1, 0.15) is 24.1 Å². The summed E-state index contributed by atoms with van der Waals surface area (Å²) in [4.78, 5) is 25.7. The van der Waals surface area contributed by atoms with E-state index < -0.39 is 12.0 Å². The van der Waals surface area contributed by atoms with E-state index >= 15 is 0 Å². The Hall–Kier alpha value is -3.75. The quantitative estimate of drug-likeness (QED) is 0.301. The minimum absolute atomic E-state index is 0.0410. The molecule has 2 aromatic carbocycles. The van der Waals surface area contributed by atoms with Gasteiger partial charge in [0.25, 0.3) is 5.91 Å². The highest BCUT2D eigenvalue weighted by atomic mass is 16.5. The average Bonchev–Trinajstić information content (AvgIpc) is 2.76. The maximum atomic E-state index is 12.5. The fourth-order valence-corrected chi connectivity index (χ4v) is 2.67. The van der Waals surface area contributed by atoms with E-state index in [0.29, 0.717) is 34.9 Å². The molecule has 9 heteroatoms. The molecule has 0 saturated carbocycles. The Bertz CT molecular complexity index is 928. The van der Waals surface area contributed by atoms with E-state index in [0.717, 1.165) is 0 Å². The smallest absolute Gasteiger partial charge is 0.332 e. The number of rotatable bonds is 10. The van der Waals surface area contributed by atoms with Crippen LogP contribution in [0.4, 0.5) is 5.69 Å². The van der Waals surface area contributed by atoms with E-state index in [2.05, 4.69) is 5.32 Å². The van der Waals surface area contributed by atoms with Crippen LogP contribution in [-0.4, -0.2) is 57.0 Å². The first kappa shape index (κ1) is 23.5. The Balaban J connectivity index is 2.30. The molecule has 0 heterocycles. The summed E-state index contributed by atoms with van der Waals surface area (Å²) in [6, 6.07) is 11.0. The minimum Gasteiger partial charge on any atom is -0.490 e. The van der Waals surface area contributed by atoms with Gasteiger partial charge in [0, 0.05) is 25.3 Å². The highest BCUT2D eigenvalue weighted by Gasteiger charge is 2.23. The van der Waals surface area contributed by atoms with Crippen LogP contribution in [0.25, 0.3) is 0 Å². The van der Waals surface area contributed by atoms with E-state index in [1.54, 1.807) is 56.6 Å². The Morgan fingerprint density at radius 2 is 1.77 bits per heavy atom. The van der Waals surface area contributed by atoms with E-state index in [1.807, 2.05) is 6.92 Å². The van der Waals surface area contributed by atoms with Crippen molar-refractivity contribution < 1.29 is 23.8 Å². The third kappa shape index (κ3) is 6.36. The topological polar surface area (TPSA) is 127 Å². The molecule has 9 nitrogen and oxygen atoms in total. The number of nitrogens with two attached hydrogens (primary N) is 1. The number of anilines is 1. The van der Waals surface area contributed by atoms with Gasteiger partial charge in [-0.05, 0) is 48.9 Å². The summed E-state index contributed by atoms with van der Waals surface area (Å²) in [7, 11) is 4.60. The molecule has 0 saturated heterocycles. The summed E-state index contributed by atoms with van der Waals surface area (Å²) in [6.45, 7) is 2.08. The van der Waals surface area contributed by atoms with Gasteiger partial charge in [0.05, 0.1) is 13.7 Å². The summed E-state index contributed by atoms with van der Waals surface area (Å²) in [5, 5.41) is 10.6. The molecule has 0 fully saturated rings. The number of ether oxygens (including phenoxy) is 3. The summed E-state index contributed by atoms with van der Waals surface area (Å²) in [5.41, 5.74) is 7.30. The SMILES string of the molecule is CCOc1cc(C(Nc2ccc(C(=N)N)cc2)C(=O)OC)ccc1OCC(=O)N(C)C. The molecule has 0 aliphatic rings. The number of nitrogens with zero attached hydrogens (tertiary/aromatic N) is 1. The van der Waals surface area contributed by atoms with Crippen molar-refractivity contribution in [2.75, 3.05) is 39.7 Å². The van der Waals surface area contributed by atoms with Gasteiger partial charge >= 0.3 is 5.97 Å². The lowest BCUT2D eigenvalue weighted by Gasteiger charge is -2.20. The van der Waals surface area contributed by atoms with Gasteiger partial charge in [-0.3, -0.25) is 10.2 Å². The number of amides is 1. The molecular weight excluding hydrogens is 400 g/mol. The number of esters is 1. The number of benzene rings is 2. The second-order valence-electron chi connectivity index (χ2n) is 6.81. The number of carbonyl (C=O) groups is 2. The van der Waals surface area contributed by atoms with Gasteiger partial charge in [-0.2, -0.15) is 0 Å². The number of nitrogens with one attached hydrogen (secondary N) is 2. The van der Waals surface area contributed by atoms with E-state index in [9.17, 15) is 9.59 Å². The molecule has 0 aromatic heterocycles. The van der Waals surface area contributed by atoms with E-state index in [-0.39, 0.29) is 18.3 Å². The van der Waals surface area contributed by atoms with Crippen LogP contribution in [0.2, 0.25) is 0 Å². The van der Waals surface area contributed by atoms with Gasteiger partial charge in [-0.25, -0.2) is 4.79 Å². The van der Waals surface area contributed by atoms with Crippen molar-refractivity contribution in [3.63, 3.8) is 0 Å². The molecule has 0 aliphatic heterocycles. The summed E-state index contributed by atoms with van der Waals surface area (Å²) >= 11 is 0.